The Balaban J connectivity index is 0.00000256. The van der Waals surface area contributed by atoms with Crippen LogP contribution in [0.5, 0.6) is 0 Å². The minimum Gasteiger partial charge on any atom is -0.389 e. The molecular formula is C23H22N4OS2. The molecule has 0 unspecified atom stereocenters. The van der Waals surface area contributed by atoms with Gasteiger partial charge in [-0.2, -0.15) is 13.5 Å². The predicted octanol–water partition coefficient (Wildman–Crippen LogP) is 3.76. The minimum atomic E-state index is -0.122. The van der Waals surface area contributed by atoms with Crippen molar-refractivity contribution in [3.63, 3.8) is 0 Å². The van der Waals surface area contributed by atoms with E-state index in [1.54, 1.807) is 12.4 Å². The smallest absolute Gasteiger partial charge is 0.268 e. The number of aromatic nitrogens is 2. The molecule has 7 heteroatoms. The van der Waals surface area contributed by atoms with E-state index in [0.717, 1.165) is 27.6 Å². The summed E-state index contributed by atoms with van der Waals surface area (Å²) in [4.78, 5) is 17.4. The summed E-state index contributed by atoms with van der Waals surface area (Å²) in [6.07, 6.45) is 3.43. The highest BCUT2D eigenvalue weighted by atomic mass is 32.1. The van der Waals surface area contributed by atoms with Crippen LogP contribution in [0.25, 0.3) is 10.9 Å². The van der Waals surface area contributed by atoms with Crippen LogP contribution in [0, 0.1) is 0 Å². The lowest BCUT2D eigenvalue weighted by atomic mass is 10.1. The average molecular weight is 435 g/mol. The molecule has 0 bridgehead atoms. The highest BCUT2D eigenvalue weighted by Gasteiger charge is 2.16. The lowest BCUT2D eigenvalue weighted by Crippen LogP contribution is -2.25. The van der Waals surface area contributed by atoms with Crippen molar-refractivity contribution < 1.29 is 4.79 Å². The standard InChI is InChI=1S/C23H20N4OS.H2S/c24-22(29)19-6-3-4-17(12-19)15-27-20-7-2-1-5-18(20)13-21(27)23(28)26-14-16-8-10-25-11-9-16;/h1-13H,14-15H2,(H2,24,29)(H,26,28);1H2. The van der Waals surface area contributed by atoms with E-state index >= 15 is 0 Å². The maximum atomic E-state index is 13.0. The van der Waals surface area contributed by atoms with Gasteiger partial charge in [-0.05, 0) is 41.5 Å². The van der Waals surface area contributed by atoms with Gasteiger partial charge in [0.1, 0.15) is 10.7 Å². The maximum absolute atomic E-state index is 13.0. The molecule has 2 aromatic carbocycles. The molecule has 0 saturated carbocycles. The number of nitrogens with one attached hydrogen (secondary N) is 1. The van der Waals surface area contributed by atoms with Gasteiger partial charge in [0.15, 0.2) is 0 Å². The Labute approximate surface area is 187 Å². The first-order valence-electron chi connectivity index (χ1n) is 9.26. The number of pyridine rings is 1. The molecule has 4 rings (SSSR count). The van der Waals surface area contributed by atoms with Gasteiger partial charge in [-0.3, -0.25) is 9.78 Å². The summed E-state index contributed by atoms with van der Waals surface area (Å²) in [5.41, 5.74) is 10.2. The quantitative estimate of drug-likeness (QED) is 0.453. The van der Waals surface area contributed by atoms with Crippen LogP contribution in [0.15, 0.2) is 79.1 Å². The van der Waals surface area contributed by atoms with E-state index in [1.807, 2.05) is 71.3 Å². The van der Waals surface area contributed by atoms with Crippen LogP contribution < -0.4 is 11.1 Å². The van der Waals surface area contributed by atoms with Gasteiger partial charge < -0.3 is 15.6 Å². The van der Waals surface area contributed by atoms with Crippen molar-refractivity contribution >= 4 is 47.5 Å². The fraction of sp³-hybridized carbons (Fsp3) is 0.0870. The number of carbonyl (C=O) groups is 1. The Kier molecular flexibility index (Phi) is 6.87. The third-order valence-corrected chi connectivity index (χ3v) is 5.03. The van der Waals surface area contributed by atoms with E-state index in [4.69, 9.17) is 18.0 Å². The first-order valence-corrected chi connectivity index (χ1v) is 9.67. The van der Waals surface area contributed by atoms with Crippen molar-refractivity contribution in [3.05, 3.63) is 102 Å². The van der Waals surface area contributed by atoms with Gasteiger partial charge in [0.2, 0.25) is 0 Å². The van der Waals surface area contributed by atoms with Crippen molar-refractivity contribution in [2.24, 2.45) is 5.73 Å². The van der Waals surface area contributed by atoms with Crippen LogP contribution in [0.2, 0.25) is 0 Å². The number of carbonyl (C=O) groups excluding carboxylic acids is 1. The van der Waals surface area contributed by atoms with Gasteiger partial charge in [0.05, 0.1) is 0 Å². The third kappa shape index (κ3) is 4.69. The fourth-order valence-corrected chi connectivity index (χ4v) is 3.47. The molecule has 0 radical (unpaired) electrons. The summed E-state index contributed by atoms with van der Waals surface area (Å²) in [7, 11) is 0. The number of hydrogen-bond acceptors (Lipinski definition) is 3. The Bertz CT molecular complexity index is 1190. The molecule has 0 aliphatic heterocycles. The molecule has 0 atom stereocenters. The van der Waals surface area contributed by atoms with Gasteiger partial charge in [-0.1, -0.05) is 48.6 Å². The number of para-hydroxylation sites is 1. The van der Waals surface area contributed by atoms with Crippen LogP contribution in [-0.4, -0.2) is 20.4 Å². The number of amides is 1. The molecule has 0 fully saturated rings. The van der Waals surface area contributed by atoms with E-state index in [0.29, 0.717) is 23.8 Å². The highest BCUT2D eigenvalue weighted by Crippen LogP contribution is 2.22. The summed E-state index contributed by atoms with van der Waals surface area (Å²) in [6.45, 7) is 0.988. The van der Waals surface area contributed by atoms with Crippen LogP contribution in [0.4, 0.5) is 0 Å². The molecule has 0 saturated heterocycles. The lowest BCUT2D eigenvalue weighted by molar-refractivity contribution is 0.0942. The second-order valence-electron chi connectivity index (χ2n) is 6.78. The topological polar surface area (TPSA) is 72.9 Å². The van der Waals surface area contributed by atoms with Gasteiger partial charge in [-0.25, -0.2) is 0 Å². The Morgan fingerprint density at radius 2 is 1.77 bits per heavy atom. The Morgan fingerprint density at radius 3 is 2.53 bits per heavy atom. The molecule has 2 heterocycles. The number of rotatable bonds is 6. The summed E-state index contributed by atoms with van der Waals surface area (Å²) < 4.78 is 2.02. The fourth-order valence-electron chi connectivity index (χ4n) is 3.35. The second-order valence-corrected chi connectivity index (χ2v) is 7.22. The Morgan fingerprint density at radius 1 is 1.00 bits per heavy atom. The van der Waals surface area contributed by atoms with Crippen LogP contribution >= 0.6 is 25.7 Å². The van der Waals surface area contributed by atoms with Crippen molar-refractivity contribution in [1.29, 1.82) is 0 Å². The molecule has 152 valence electrons. The zero-order chi connectivity index (χ0) is 20.2. The normalized spacial score (nSPS) is 10.4. The highest BCUT2D eigenvalue weighted by molar-refractivity contribution is 7.80. The molecule has 0 aliphatic rings. The zero-order valence-electron chi connectivity index (χ0n) is 16.2. The summed E-state index contributed by atoms with van der Waals surface area (Å²) in [5.74, 6) is -0.122. The molecule has 3 N–H and O–H groups in total. The van der Waals surface area contributed by atoms with E-state index < -0.39 is 0 Å². The first kappa shape index (κ1) is 21.5. The zero-order valence-corrected chi connectivity index (χ0v) is 18.0. The number of nitrogens with zero attached hydrogens (tertiary/aromatic N) is 2. The van der Waals surface area contributed by atoms with Gasteiger partial charge in [0, 0.05) is 41.9 Å². The molecule has 2 aromatic heterocycles. The number of nitrogens with two attached hydrogens (primary N) is 1. The average Bonchev–Trinajstić information content (AvgIpc) is 3.11. The maximum Gasteiger partial charge on any atom is 0.268 e. The molecule has 4 aromatic rings. The number of benzene rings is 2. The van der Waals surface area contributed by atoms with Crippen LogP contribution in [0.1, 0.15) is 27.2 Å². The van der Waals surface area contributed by atoms with Crippen LogP contribution in [-0.2, 0) is 13.1 Å². The number of fused-ring (bicyclic) bond motifs is 1. The largest absolute Gasteiger partial charge is 0.389 e. The van der Waals surface area contributed by atoms with Crippen LogP contribution in [0.3, 0.4) is 0 Å². The SMILES string of the molecule is NC(=S)c1cccc(Cn2c(C(=O)NCc3ccncc3)cc3ccccc32)c1.S. The van der Waals surface area contributed by atoms with Gasteiger partial charge in [-0.15, -0.1) is 0 Å². The molecular weight excluding hydrogens is 412 g/mol. The van der Waals surface area contributed by atoms with E-state index in [2.05, 4.69) is 10.3 Å². The molecule has 30 heavy (non-hydrogen) atoms. The molecule has 0 aliphatic carbocycles. The summed E-state index contributed by atoms with van der Waals surface area (Å²) in [5, 5.41) is 4.02. The van der Waals surface area contributed by atoms with E-state index in [9.17, 15) is 4.79 Å². The first-order chi connectivity index (χ1) is 14.1. The van der Waals surface area contributed by atoms with Crippen molar-refractivity contribution in [3.8, 4) is 0 Å². The summed E-state index contributed by atoms with van der Waals surface area (Å²) in [6, 6.07) is 21.5. The monoisotopic (exact) mass is 434 g/mol. The number of thiocarbonyl (C=S) groups is 1. The molecule has 1 amide bonds. The second kappa shape index (κ2) is 9.56. The van der Waals surface area contributed by atoms with E-state index in [-0.39, 0.29) is 19.4 Å². The van der Waals surface area contributed by atoms with Gasteiger partial charge >= 0.3 is 0 Å². The van der Waals surface area contributed by atoms with Gasteiger partial charge in [0.25, 0.3) is 5.91 Å². The molecule has 0 spiro atoms. The lowest BCUT2D eigenvalue weighted by Gasteiger charge is -2.12. The predicted molar refractivity (Wildman–Crippen MR) is 129 cm³/mol. The van der Waals surface area contributed by atoms with Crippen molar-refractivity contribution in [2.45, 2.75) is 13.1 Å². The third-order valence-electron chi connectivity index (χ3n) is 4.80. The molecule has 5 nitrogen and oxygen atoms in total. The van der Waals surface area contributed by atoms with E-state index in [1.165, 1.54) is 0 Å². The van der Waals surface area contributed by atoms with Crippen molar-refractivity contribution in [2.75, 3.05) is 0 Å². The van der Waals surface area contributed by atoms with Crippen molar-refractivity contribution in [1.82, 2.24) is 14.9 Å². The summed E-state index contributed by atoms with van der Waals surface area (Å²) >= 11 is 5.10. The minimum absolute atomic E-state index is 0. The number of hydrogen-bond donors (Lipinski definition) is 2. The Hall–Kier alpha value is -3.16.